The molecule has 0 radical (unpaired) electrons. The molecule has 7 nitrogen and oxygen atoms in total. The Balaban J connectivity index is 1.63. The summed E-state index contributed by atoms with van der Waals surface area (Å²) < 4.78 is 11.5. The van der Waals surface area contributed by atoms with Crippen molar-refractivity contribution in [2.75, 3.05) is 38.2 Å². The lowest BCUT2D eigenvalue weighted by atomic mass is 9.98. The van der Waals surface area contributed by atoms with Crippen LogP contribution in [0.2, 0.25) is 0 Å². The number of quaternary nitrogens is 1. The fourth-order valence-corrected chi connectivity index (χ4v) is 3.83. The van der Waals surface area contributed by atoms with Crippen LogP contribution < -0.4 is 25.0 Å². The van der Waals surface area contributed by atoms with E-state index >= 15 is 0 Å². The molecule has 1 atom stereocenters. The van der Waals surface area contributed by atoms with Crippen LogP contribution in [0.1, 0.15) is 42.3 Å². The minimum absolute atomic E-state index is 0.0672. The van der Waals surface area contributed by atoms with Crippen molar-refractivity contribution in [3.05, 3.63) is 53.1 Å². The second-order valence-electron chi connectivity index (χ2n) is 7.53. The maximum atomic E-state index is 12.6. The van der Waals surface area contributed by atoms with Gasteiger partial charge in [-0.25, -0.2) is 0 Å². The Morgan fingerprint density at radius 1 is 1.00 bits per heavy atom. The number of fused-ring (bicyclic) bond motifs is 1. The summed E-state index contributed by atoms with van der Waals surface area (Å²) in [5.74, 6) is 1.34. The highest BCUT2D eigenvalue weighted by Gasteiger charge is 2.24. The maximum Gasteiger partial charge on any atom is 0.279 e. The number of amides is 2. The van der Waals surface area contributed by atoms with Gasteiger partial charge in [0.25, 0.3) is 11.8 Å². The Hall–Kier alpha value is -3.06. The van der Waals surface area contributed by atoms with Gasteiger partial charge in [-0.3, -0.25) is 9.59 Å². The molecule has 0 bridgehead atoms. The Morgan fingerprint density at radius 2 is 1.71 bits per heavy atom. The number of carbonyl (C=O) groups is 2. The Labute approximate surface area is 183 Å². The summed E-state index contributed by atoms with van der Waals surface area (Å²) in [6.07, 6.45) is 0.886. The molecule has 0 aromatic heterocycles. The van der Waals surface area contributed by atoms with Crippen LogP contribution in [0.15, 0.2) is 36.4 Å². The number of rotatable bonds is 9. The maximum absolute atomic E-state index is 12.6. The fourth-order valence-electron chi connectivity index (χ4n) is 3.83. The zero-order valence-corrected chi connectivity index (χ0v) is 18.5. The van der Waals surface area contributed by atoms with E-state index in [2.05, 4.69) is 22.8 Å². The minimum Gasteiger partial charge on any atom is -0.490 e. The number of nitrogens with one attached hydrogen (secondary N) is 3. The lowest BCUT2D eigenvalue weighted by Gasteiger charge is -2.26. The number of hydrogen-bond acceptors (Lipinski definition) is 4. The van der Waals surface area contributed by atoms with Gasteiger partial charge in [0.05, 0.1) is 19.8 Å². The standard InChI is InChI=1S/C24H31N3O4/c1-4-25-24(29)18-8-7-9-20(12-18)26-23(28)16-27-11-10-17-13-21(30-5-2)22(31-6-3)14-19(17)15-27/h7-9,12-14H,4-6,10-11,15-16H2,1-3H3,(H,25,29)(H,26,28)/p+1. The quantitative estimate of drug-likeness (QED) is 0.571. The first-order chi connectivity index (χ1) is 15.0. The Bertz CT molecular complexity index is 929. The molecule has 1 heterocycles. The summed E-state index contributed by atoms with van der Waals surface area (Å²) in [5, 5.41) is 5.69. The molecule has 166 valence electrons. The van der Waals surface area contributed by atoms with Crippen LogP contribution in [0.3, 0.4) is 0 Å². The summed E-state index contributed by atoms with van der Waals surface area (Å²) in [5.41, 5.74) is 3.61. The summed E-state index contributed by atoms with van der Waals surface area (Å²) in [6.45, 7) is 9.52. The van der Waals surface area contributed by atoms with Crippen molar-refractivity contribution >= 4 is 17.5 Å². The zero-order valence-electron chi connectivity index (χ0n) is 18.5. The molecule has 0 spiro atoms. The van der Waals surface area contributed by atoms with Crippen molar-refractivity contribution in [2.45, 2.75) is 33.7 Å². The predicted molar refractivity (Wildman–Crippen MR) is 120 cm³/mol. The minimum atomic E-state index is -0.145. The third kappa shape index (κ3) is 5.98. The molecule has 31 heavy (non-hydrogen) atoms. The molecular formula is C24H32N3O4+. The highest BCUT2D eigenvalue weighted by molar-refractivity contribution is 5.97. The van der Waals surface area contributed by atoms with Crippen molar-refractivity contribution in [3.63, 3.8) is 0 Å². The van der Waals surface area contributed by atoms with Gasteiger partial charge in [-0.05, 0) is 56.7 Å². The molecule has 0 fully saturated rings. The largest absolute Gasteiger partial charge is 0.490 e. The molecule has 1 aliphatic rings. The van der Waals surface area contributed by atoms with Crippen LogP contribution in [0, 0.1) is 0 Å². The highest BCUT2D eigenvalue weighted by atomic mass is 16.5. The van der Waals surface area contributed by atoms with Crippen LogP contribution in [0.4, 0.5) is 5.69 Å². The van der Waals surface area contributed by atoms with Gasteiger partial charge < -0.3 is 25.0 Å². The van der Waals surface area contributed by atoms with Gasteiger partial charge in [0.15, 0.2) is 18.0 Å². The summed E-state index contributed by atoms with van der Waals surface area (Å²) >= 11 is 0. The van der Waals surface area contributed by atoms with Crippen LogP contribution in [0.25, 0.3) is 0 Å². The molecule has 2 aromatic carbocycles. The molecular weight excluding hydrogens is 394 g/mol. The third-order valence-corrected chi connectivity index (χ3v) is 5.21. The second kappa shape index (κ2) is 10.8. The van der Waals surface area contributed by atoms with E-state index in [1.165, 1.54) is 16.0 Å². The summed E-state index contributed by atoms with van der Waals surface area (Å²) in [4.78, 5) is 25.8. The number of hydrogen-bond donors (Lipinski definition) is 3. The monoisotopic (exact) mass is 426 g/mol. The Morgan fingerprint density at radius 3 is 2.39 bits per heavy atom. The molecule has 0 saturated carbocycles. The van der Waals surface area contributed by atoms with E-state index in [4.69, 9.17) is 9.47 Å². The number of ether oxygens (including phenoxy) is 2. The van der Waals surface area contributed by atoms with Gasteiger partial charge in [0.1, 0.15) is 6.54 Å². The smallest absolute Gasteiger partial charge is 0.279 e. The topological polar surface area (TPSA) is 81.1 Å². The van der Waals surface area contributed by atoms with Crippen LogP contribution >= 0.6 is 0 Å². The van der Waals surface area contributed by atoms with Crippen molar-refractivity contribution in [1.29, 1.82) is 0 Å². The molecule has 3 rings (SSSR count). The van der Waals surface area contributed by atoms with Crippen LogP contribution in [-0.4, -0.2) is 44.7 Å². The summed E-state index contributed by atoms with van der Waals surface area (Å²) in [7, 11) is 0. The summed E-state index contributed by atoms with van der Waals surface area (Å²) in [6, 6.07) is 11.1. The van der Waals surface area contributed by atoms with E-state index in [0.717, 1.165) is 31.0 Å². The van der Waals surface area contributed by atoms with Gasteiger partial charge in [-0.2, -0.15) is 0 Å². The van der Waals surface area contributed by atoms with Gasteiger partial charge in [-0.1, -0.05) is 6.07 Å². The van der Waals surface area contributed by atoms with E-state index in [1.807, 2.05) is 20.8 Å². The first-order valence-corrected chi connectivity index (χ1v) is 11.0. The average molecular weight is 427 g/mol. The molecule has 7 heteroatoms. The Kier molecular flexibility index (Phi) is 7.89. The number of anilines is 1. The SMILES string of the molecule is CCNC(=O)c1cccc(NC(=O)C[NH+]2CCc3cc(OCC)c(OCC)cc3C2)c1. The highest BCUT2D eigenvalue weighted by Crippen LogP contribution is 2.32. The van der Waals surface area contributed by atoms with Gasteiger partial charge in [0, 0.05) is 29.8 Å². The van der Waals surface area contributed by atoms with Crippen LogP contribution in [-0.2, 0) is 17.8 Å². The second-order valence-corrected chi connectivity index (χ2v) is 7.53. The zero-order chi connectivity index (χ0) is 22.2. The van der Waals surface area contributed by atoms with Gasteiger partial charge in [-0.15, -0.1) is 0 Å². The van der Waals surface area contributed by atoms with Crippen molar-refractivity contribution < 1.29 is 24.0 Å². The predicted octanol–water partition coefficient (Wildman–Crippen LogP) is 1.81. The number of benzene rings is 2. The molecule has 2 amide bonds. The van der Waals surface area contributed by atoms with Crippen molar-refractivity contribution in [1.82, 2.24) is 5.32 Å². The lowest BCUT2D eigenvalue weighted by Crippen LogP contribution is -3.12. The van der Waals surface area contributed by atoms with E-state index in [9.17, 15) is 9.59 Å². The van der Waals surface area contributed by atoms with Gasteiger partial charge >= 0.3 is 0 Å². The van der Waals surface area contributed by atoms with Crippen LogP contribution in [0.5, 0.6) is 11.5 Å². The van der Waals surface area contributed by atoms with E-state index in [-0.39, 0.29) is 11.8 Å². The third-order valence-electron chi connectivity index (χ3n) is 5.21. The first-order valence-electron chi connectivity index (χ1n) is 11.0. The lowest BCUT2D eigenvalue weighted by molar-refractivity contribution is -0.907. The average Bonchev–Trinajstić information content (AvgIpc) is 2.75. The van der Waals surface area contributed by atoms with Crippen molar-refractivity contribution in [2.24, 2.45) is 0 Å². The molecule has 0 saturated heterocycles. The molecule has 3 N–H and O–H groups in total. The molecule has 1 aliphatic heterocycles. The number of carbonyl (C=O) groups excluding carboxylic acids is 2. The molecule has 2 aromatic rings. The molecule has 1 unspecified atom stereocenters. The molecule has 0 aliphatic carbocycles. The van der Waals surface area contributed by atoms with Gasteiger partial charge in [0.2, 0.25) is 0 Å². The van der Waals surface area contributed by atoms with E-state index < -0.39 is 0 Å². The fraction of sp³-hybridized carbons (Fsp3) is 0.417. The van der Waals surface area contributed by atoms with Crippen molar-refractivity contribution in [3.8, 4) is 11.5 Å². The van der Waals surface area contributed by atoms with E-state index in [0.29, 0.717) is 37.6 Å². The normalized spacial score (nSPS) is 15.0. The first kappa shape index (κ1) is 22.6. The van der Waals surface area contributed by atoms with E-state index in [1.54, 1.807) is 24.3 Å².